The lowest BCUT2D eigenvalue weighted by molar-refractivity contribution is 0.0949. The Balaban J connectivity index is 1.61. The molecule has 7 heteroatoms. The van der Waals surface area contributed by atoms with Crippen LogP contribution in [0.25, 0.3) is 0 Å². The van der Waals surface area contributed by atoms with Crippen molar-refractivity contribution in [3.8, 4) is 0 Å². The van der Waals surface area contributed by atoms with E-state index >= 15 is 0 Å². The summed E-state index contributed by atoms with van der Waals surface area (Å²) in [7, 11) is 0. The van der Waals surface area contributed by atoms with Gasteiger partial charge in [-0.05, 0) is 42.8 Å². The highest BCUT2D eigenvalue weighted by atomic mass is 79.9. The summed E-state index contributed by atoms with van der Waals surface area (Å²) < 4.78 is 1.04. The predicted octanol–water partition coefficient (Wildman–Crippen LogP) is 3.62. The minimum Gasteiger partial charge on any atom is -0.346 e. The van der Waals surface area contributed by atoms with Crippen molar-refractivity contribution >= 4 is 33.5 Å². The second-order valence-corrected chi connectivity index (χ2v) is 6.24. The number of hydrogen-bond donors (Lipinski definition) is 2. The number of benzene rings is 1. The summed E-state index contributed by atoms with van der Waals surface area (Å²) in [4.78, 5) is 24.7. The Labute approximate surface area is 153 Å². The molecule has 25 heavy (non-hydrogen) atoms. The monoisotopic (exact) mass is 397 g/mol. The minimum absolute atomic E-state index is 0.239. The first-order chi connectivity index (χ1) is 12.1. The highest BCUT2D eigenvalue weighted by Gasteiger charge is 2.08. The van der Waals surface area contributed by atoms with Crippen LogP contribution < -0.4 is 10.6 Å². The number of rotatable bonds is 5. The van der Waals surface area contributed by atoms with Gasteiger partial charge in [-0.2, -0.15) is 0 Å². The third-order valence-corrected chi connectivity index (χ3v) is 4.37. The number of aryl methyl sites for hydroxylation is 1. The van der Waals surface area contributed by atoms with E-state index in [4.69, 9.17) is 0 Å². The molecule has 0 fully saturated rings. The third kappa shape index (κ3) is 4.60. The molecular weight excluding hydrogens is 382 g/mol. The smallest absolute Gasteiger partial charge is 0.254 e. The second kappa shape index (κ2) is 7.85. The number of carbonyl (C=O) groups is 1. The molecule has 0 saturated carbocycles. The first kappa shape index (κ1) is 17.0. The normalized spacial score (nSPS) is 10.3. The fourth-order valence-corrected chi connectivity index (χ4v) is 2.38. The number of hydrogen-bond acceptors (Lipinski definition) is 5. The van der Waals surface area contributed by atoms with Crippen molar-refractivity contribution in [2.45, 2.75) is 13.5 Å². The number of nitrogens with zero attached hydrogens (tertiary/aromatic N) is 3. The van der Waals surface area contributed by atoms with E-state index in [0.717, 1.165) is 21.4 Å². The number of carbonyl (C=O) groups excluding carboxylic acids is 1. The molecular formula is C18H16BrN5O. The highest BCUT2D eigenvalue weighted by Crippen LogP contribution is 2.21. The van der Waals surface area contributed by atoms with Crippen molar-refractivity contribution in [1.82, 2.24) is 20.3 Å². The largest absolute Gasteiger partial charge is 0.346 e. The van der Waals surface area contributed by atoms with E-state index in [1.165, 1.54) is 12.4 Å². The summed E-state index contributed by atoms with van der Waals surface area (Å²) >= 11 is 3.46. The molecule has 0 spiro atoms. The Morgan fingerprint density at radius 2 is 1.92 bits per heavy atom. The maximum atomic E-state index is 12.1. The predicted molar refractivity (Wildman–Crippen MR) is 99.6 cm³/mol. The Hall–Kier alpha value is -2.80. The average Bonchev–Trinajstić information content (AvgIpc) is 2.64. The number of halogens is 1. The summed E-state index contributed by atoms with van der Waals surface area (Å²) in [6.07, 6.45) is 4.68. The second-order valence-electron chi connectivity index (χ2n) is 5.39. The zero-order valence-electron chi connectivity index (χ0n) is 13.5. The molecule has 2 heterocycles. The first-order valence-electron chi connectivity index (χ1n) is 7.65. The molecule has 0 aliphatic carbocycles. The zero-order chi connectivity index (χ0) is 17.6. The van der Waals surface area contributed by atoms with Crippen molar-refractivity contribution in [2.75, 3.05) is 5.32 Å². The van der Waals surface area contributed by atoms with Crippen molar-refractivity contribution in [2.24, 2.45) is 0 Å². The zero-order valence-corrected chi connectivity index (χ0v) is 15.1. The van der Waals surface area contributed by atoms with E-state index in [1.54, 1.807) is 6.20 Å². The molecule has 3 rings (SSSR count). The molecule has 126 valence electrons. The van der Waals surface area contributed by atoms with Crippen molar-refractivity contribution in [3.05, 3.63) is 76.3 Å². The van der Waals surface area contributed by atoms with Crippen LogP contribution in [0.3, 0.4) is 0 Å². The lowest BCUT2D eigenvalue weighted by Gasteiger charge is -2.08. The number of aromatic nitrogens is 3. The van der Waals surface area contributed by atoms with E-state index in [1.807, 2.05) is 43.3 Å². The van der Waals surface area contributed by atoms with Crippen LogP contribution in [-0.2, 0) is 6.54 Å². The highest BCUT2D eigenvalue weighted by molar-refractivity contribution is 9.10. The quantitative estimate of drug-likeness (QED) is 0.687. The molecule has 0 unspecified atom stereocenters. The number of amides is 1. The number of anilines is 2. The van der Waals surface area contributed by atoms with Crippen LogP contribution in [-0.4, -0.2) is 20.9 Å². The molecule has 1 aromatic carbocycles. The number of nitrogens with one attached hydrogen (secondary N) is 2. The summed E-state index contributed by atoms with van der Waals surface area (Å²) in [6, 6.07) is 11.4. The summed E-state index contributed by atoms with van der Waals surface area (Å²) in [5.41, 5.74) is 3.18. The van der Waals surface area contributed by atoms with Crippen LogP contribution in [0.4, 0.5) is 11.6 Å². The van der Waals surface area contributed by atoms with E-state index in [9.17, 15) is 4.79 Å². The molecule has 1 amide bonds. The maximum absolute atomic E-state index is 12.1. The summed E-state index contributed by atoms with van der Waals surface area (Å²) in [5.74, 6) is 0.194. The van der Waals surface area contributed by atoms with Crippen molar-refractivity contribution in [1.29, 1.82) is 0 Å². The molecule has 0 radical (unpaired) electrons. The first-order valence-corrected chi connectivity index (χ1v) is 8.44. The van der Waals surface area contributed by atoms with Crippen LogP contribution in [0.1, 0.15) is 21.6 Å². The Morgan fingerprint density at radius 1 is 1.12 bits per heavy atom. The molecule has 6 nitrogen and oxygen atoms in total. The lowest BCUT2D eigenvalue weighted by atomic mass is 10.2. The van der Waals surface area contributed by atoms with Gasteiger partial charge in [-0.25, -0.2) is 9.97 Å². The Kier molecular flexibility index (Phi) is 5.35. The van der Waals surface area contributed by atoms with Gasteiger partial charge in [0.15, 0.2) is 0 Å². The fourth-order valence-electron chi connectivity index (χ4n) is 2.14. The van der Waals surface area contributed by atoms with Crippen LogP contribution >= 0.6 is 15.9 Å². The van der Waals surface area contributed by atoms with Crippen LogP contribution in [0, 0.1) is 6.92 Å². The fraction of sp³-hybridized carbons (Fsp3) is 0.111. The van der Waals surface area contributed by atoms with E-state index in [-0.39, 0.29) is 5.91 Å². The van der Waals surface area contributed by atoms with Crippen molar-refractivity contribution in [3.63, 3.8) is 0 Å². The van der Waals surface area contributed by atoms with Crippen molar-refractivity contribution < 1.29 is 4.79 Å². The summed E-state index contributed by atoms with van der Waals surface area (Å²) in [5, 5.41) is 5.90. The topological polar surface area (TPSA) is 79.8 Å². The van der Waals surface area contributed by atoms with Gasteiger partial charge in [0, 0.05) is 28.8 Å². The molecule has 3 aromatic rings. The van der Waals surface area contributed by atoms with Gasteiger partial charge in [-0.3, -0.25) is 9.78 Å². The molecule has 2 aromatic heterocycles. The van der Waals surface area contributed by atoms with Gasteiger partial charge in [0.05, 0.1) is 17.8 Å². The van der Waals surface area contributed by atoms with Gasteiger partial charge in [0.25, 0.3) is 5.91 Å². The average molecular weight is 398 g/mol. The third-order valence-electron chi connectivity index (χ3n) is 3.48. The van der Waals surface area contributed by atoms with E-state index in [0.29, 0.717) is 18.1 Å². The molecule has 0 bridgehead atoms. The maximum Gasteiger partial charge on any atom is 0.254 e. The van der Waals surface area contributed by atoms with Crippen LogP contribution in [0.5, 0.6) is 0 Å². The molecule has 0 aliphatic rings. The molecule has 0 aliphatic heterocycles. The van der Waals surface area contributed by atoms with Gasteiger partial charge in [-0.15, -0.1) is 0 Å². The van der Waals surface area contributed by atoms with E-state index < -0.39 is 0 Å². The lowest BCUT2D eigenvalue weighted by Crippen LogP contribution is -2.23. The molecule has 0 saturated heterocycles. The van der Waals surface area contributed by atoms with Crippen LogP contribution in [0.15, 0.2) is 59.5 Å². The van der Waals surface area contributed by atoms with E-state index in [2.05, 4.69) is 41.5 Å². The van der Waals surface area contributed by atoms with Gasteiger partial charge in [0.1, 0.15) is 0 Å². The Bertz CT molecular complexity index is 868. The van der Waals surface area contributed by atoms with Crippen LogP contribution in [0.2, 0.25) is 0 Å². The number of pyridine rings is 1. The van der Waals surface area contributed by atoms with Gasteiger partial charge >= 0.3 is 0 Å². The minimum atomic E-state index is -0.239. The van der Waals surface area contributed by atoms with Gasteiger partial charge in [-0.1, -0.05) is 22.0 Å². The SMILES string of the molecule is Cc1cc(Nc2ncc(C(=O)NCc3ccccn3)cn2)ccc1Br. The van der Waals surface area contributed by atoms with Gasteiger partial charge < -0.3 is 10.6 Å². The standard InChI is InChI=1S/C18H16BrN5O/c1-12-8-14(5-6-16(12)19)24-18-22-9-13(10-23-18)17(25)21-11-15-4-2-3-7-20-15/h2-10H,11H2,1H3,(H,21,25)(H,22,23,24). The van der Waals surface area contributed by atoms with Gasteiger partial charge in [0.2, 0.25) is 5.95 Å². The Morgan fingerprint density at radius 3 is 2.60 bits per heavy atom. The summed E-state index contributed by atoms with van der Waals surface area (Å²) in [6.45, 7) is 2.36. The molecule has 2 N–H and O–H groups in total. The molecule has 0 atom stereocenters.